The molecule has 0 aromatic heterocycles. The fourth-order valence-corrected chi connectivity index (χ4v) is 1.18. The molecule has 0 amide bonds. The van der Waals surface area contributed by atoms with Gasteiger partial charge in [0.25, 0.3) is 0 Å². The lowest BCUT2D eigenvalue weighted by molar-refractivity contribution is -0.148. The summed E-state index contributed by atoms with van der Waals surface area (Å²) in [5.41, 5.74) is 0.597. The highest BCUT2D eigenvalue weighted by atomic mass is 19.3. The van der Waals surface area contributed by atoms with Gasteiger partial charge in [-0.3, -0.25) is 4.79 Å². The van der Waals surface area contributed by atoms with E-state index < -0.39 is 24.9 Å². The maximum absolute atomic E-state index is 12.6. The van der Waals surface area contributed by atoms with Crippen LogP contribution in [-0.2, 0) is 16.0 Å². The molecule has 1 aromatic rings. The van der Waals surface area contributed by atoms with Crippen molar-refractivity contribution in [1.29, 1.82) is 0 Å². The standard InChI is InChI=1S/C12H12F4O3/c1-18-10(17)6-8-2-4-9(5-3-8)19-7-12(15,16)11(13)14/h2-5,11H,6-7H2,1H3. The van der Waals surface area contributed by atoms with Gasteiger partial charge in [0.1, 0.15) is 5.75 Å². The number of benzene rings is 1. The first-order valence-electron chi connectivity index (χ1n) is 5.29. The highest BCUT2D eigenvalue weighted by Crippen LogP contribution is 2.24. The van der Waals surface area contributed by atoms with E-state index in [1.807, 2.05) is 0 Å². The molecule has 0 aliphatic heterocycles. The van der Waals surface area contributed by atoms with E-state index in [0.717, 1.165) is 0 Å². The maximum atomic E-state index is 12.6. The number of hydrogen-bond donors (Lipinski definition) is 0. The minimum absolute atomic E-state index is 0.0222. The van der Waals surface area contributed by atoms with Crippen molar-refractivity contribution >= 4 is 5.97 Å². The second kappa shape index (κ2) is 6.40. The molecular formula is C12H12F4O3. The Kier molecular flexibility index (Phi) is 5.14. The molecule has 19 heavy (non-hydrogen) atoms. The molecule has 1 rings (SSSR count). The van der Waals surface area contributed by atoms with Gasteiger partial charge in [-0.25, -0.2) is 8.78 Å². The lowest BCUT2D eigenvalue weighted by Gasteiger charge is -2.16. The van der Waals surface area contributed by atoms with Crippen molar-refractivity contribution in [3.05, 3.63) is 29.8 Å². The summed E-state index contributed by atoms with van der Waals surface area (Å²) in [5, 5.41) is 0. The van der Waals surface area contributed by atoms with Gasteiger partial charge in [0.2, 0.25) is 0 Å². The summed E-state index contributed by atoms with van der Waals surface area (Å²) in [6.07, 6.45) is -3.74. The zero-order chi connectivity index (χ0) is 14.5. The predicted octanol–water partition coefficient (Wildman–Crippen LogP) is 2.68. The second-order valence-corrected chi connectivity index (χ2v) is 3.75. The zero-order valence-corrected chi connectivity index (χ0v) is 10.0. The molecule has 7 heteroatoms. The lowest BCUT2D eigenvalue weighted by atomic mass is 10.1. The van der Waals surface area contributed by atoms with Crippen molar-refractivity contribution in [1.82, 2.24) is 0 Å². The van der Waals surface area contributed by atoms with Gasteiger partial charge >= 0.3 is 18.3 Å². The van der Waals surface area contributed by atoms with Crippen LogP contribution in [0.3, 0.4) is 0 Å². The Morgan fingerprint density at radius 2 is 1.84 bits per heavy atom. The Balaban J connectivity index is 2.55. The number of halogens is 4. The summed E-state index contributed by atoms with van der Waals surface area (Å²) in [6.45, 7) is -1.40. The molecule has 0 heterocycles. The normalized spacial score (nSPS) is 11.5. The van der Waals surface area contributed by atoms with Gasteiger partial charge in [-0.05, 0) is 17.7 Å². The Morgan fingerprint density at radius 3 is 2.32 bits per heavy atom. The highest BCUT2D eigenvalue weighted by Gasteiger charge is 2.41. The molecule has 0 radical (unpaired) electrons. The van der Waals surface area contributed by atoms with Crippen LogP contribution >= 0.6 is 0 Å². The predicted molar refractivity (Wildman–Crippen MR) is 58.6 cm³/mol. The van der Waals surface area contributed by atoms with E-state index in [1.54, 1.807) is 0 Å². The topological polar surface area (TPSA) is 35.5 Å². The van der Waals surface area contributed by atoms with Crippen molar-refractivity contribution in [2.45, 2.75) is 18.8 Å². The van der Waals surface area contributed by atoms with Crippen LogP contribution in [-0.4, -0.2) is 32.0 Å². The van der Waals surface area contributed by atoms with Crippen molar-refractivity contribution in [3.8, 4) is 5.75 Å². The molecule has 1 aromatic carbocycles. The first-order chi connectivity index (χ1) is 8.85. The van der Waals surface area contributed by atoms with Crippen LogP contribution in [0.15, 0.2) is 24.3 Å². The van der Waals surface area contributed by atoms with Crippen molar-refractivity contribution < 1.29 is 31.8 Å². The number of methoxy groups -OCH3 is 1. The molecule has 0 atom stereocenters. The van der Waals surface area contributed by atoms with Crippen LogP contribution < -0.4 is 4.74 Å². The fourth-order valence-electron chi connectivity index (χ4n) is 1.18. The Bertz CT molecular complexity index is 417. The highest BCUT2D eigenvalue weighted by molar-refractivity contribution is 5.72. The van der Waals surface area contributed by atoms with Gasteiger partial charge in [0, 0.05) is 0 Å². The molecule has 0 saturated heterocycles. The van der Waals surface area contributed by atoms with Crippen LogP contribution in [0.25, 0.3) is 0 Å². The third-order valence-electron chi connectivity index (χ3n) is 2.25. The van der Waals surface area contributed by atoms with E-state index in [-0.39, 0.29) is 12.2 Å². The van der Waals surface area contributed by atoms with E-state index in [2.05, 4.69) is 9.47 Å². The number of esters is 1. The van der Waals surface area contributed by atoms with Gasteiger partial charge in [-0.2, -0.15) is 8.78 Å². The molecule has 0 unspecified atom stereocenters. The van der Waals surface area contributed by atoms with Crippen LogP contribution in [0.4, 0.5) is 17.6 Å². The average Bonchev–Trinajstić information content (AvgIpc) is 2.37. The summed E-state index contributed by atoms with van der Waals surface area (Å²) in [7, 11) is 1.24. The monoisotopic (exact) mass is 280 g/mol. The van der Waals surface area contributed by atoms with E-state index in [9.17, 15) is 22.4 Å². The van der Waals surface area contributed by atoms with Gasteiger partial charge in [0.15, 0.2) is 6.61 Å². The van der Waals surface area contributed by atoms with E-state index in [0.29, 0.717) is 5.56 Å². The average molecular weight is 280 g/mol. The van der Waals surface area contributed by atoms with Crippen LogP contribution in [0.2, 0.25) is 0 Å². The number of carbonyl (C=O) groups is 1. The summed E-state index contributed by atoms with van der Waals surface area (Å²) in [6, 6.07) is 5.57. The molecule has 0 aliphatic rings. The number of alkyl halides is 4. The summed E-state index contributed by atoms with van der Waals surface area (Å²) >= 11 is 0. The molecule has 0 spiro atoms. The van der Waals surface area contributed by atoms with E-state index in [1.165, 1.54) is 31.4 Å². The Morgan fingerprint density at radius 1 is 1.26 bits per heavy atom. The first kappa shape index (κ1) is 15.3. The van der Waals surface area contributed by atoms with Gasteiger partial charge in [0.05, 0.1) is 13.5 Å². The Hall–Kier alpha value is -1.79. The molecular weight excluding hydrogens is 268 g/mol. The third kappa shape index (κ3) is 4.76. The smallest absolute Gasteiger partial charge is 0.340 e. The summed E-state index contributed by atoms with van der Waals surface area (Å²) in [4.78, 5) is 11.0. The van der Waals surface area contributed by atoms with E-state index in [4.69, 9.17) is 0 Å². The first-order valence-corrected chi connectivity index (χ1v) is 5.29. The van der Waals surface area contributed by atoms with Gasteiger partial charge < -0.3 is 9.47 Å². The molecule has 0 saturated carbocycles. The quantitative estimate of drug-likeness (QED) is 0.593. The number of rotatable bonds is 6. The molecule has 0 bridgehead atoms. The van der Waals surface area contributed by atoms with Crippen LogP contribution in [0.5, 0.6) is 5.75 Å². The summed E-state index contributed by atoms with van der Waals surface area (Å²) in [5.74, 6) is -4.61. The fraction of sp³-hybridized carbons (Fsp3) is 0.417. The van der Waals surface area contributed by atoms with Crippen LogP contribution in [0, 0.1) is 0 Å². The number of ether oxygens (including phenoxy) is 2. The Labute approximate surface area is 107 Å². The molecule has 106 valence electrons. The number of carbonyl (C=O) groups excluding carboxylic acids is 1. The summed E-state index contributed by atoms with van der Waals surface area (Å²) < 4.78 is 58.0. The molecule has 3 nitrogen and oxygen atoms in total. The zero-order valence-electron chi connectivity index (χ0n) is 10.0. The second-order valence-electron chi connectivity index (χ2n) is 3.75. The SMILES string of the molecule is COC(=O)Cc1ccc(OCC(F)(F)C(F)F)cc1. The lowest BCUT2D eigenvalue weighted by Crippen LogP contribution is -2.33. The van der Waals surface area contributed by atoms with E-state index >= 15 is 0 Å². The van der Waals surface area contributed by atoms with Gasteiger partial charge in [-0.1, -0.05) is 12.1 Å². The largest absolute Gasteiger partial charge is 0.487 e. The minimum Gasteiger partial charge on any atom is -0.487 e. The van der Waals surface area contributed by atoms with Crippen molar-refractivity contribution in [2.75, 3.05) is 13.7 Å². The number of hydrogen-bond acceptors (Lipinski definition) is 3. The molecule has 0 aliphatic carbocycles. The van der Waals surface area contributed by atoms with Crippen LogP contribution in [0.1, 0.15) is 5.56 Å². The minimum atomic E-state index is -4.19. The van der Waals surface area contributed by atoms with Gasteiger partial charge in [-0.15, -0.1) is 0 Å². The maximum Gasteiger partial charge on any atom is 0.340 e. The van der Waals surface area contributed by atoms with Crippen molar-refractivity contribution in [2.24, 2.45) is 0 Å². The van der Waals surface area contributed by atoms with Crippen molar-refractivity contribution in [3.63, 3.8) is 0 Å². The molecule has 0 N–H and O–H groups in total. The third-order valence-corrected chi connectivity index (χ3v) is 2.25. The molecule has 0 fully saturated rings.